The molecule has 8 nitrogen and oxygen atoms in total. The first-order chi connectivity index (χ1) is 16.0. The number of aliphatic hydroxyl groups excluding tert-OH is 2. The topological polar surface area (TPSA) is 122 Å². The van der Waals surface area contributed by atoms with Gasteiger partial charge in [0.2, 0.25) is 0 Å². The number of carbonyl (C=O) groups excluding carboxylic acids is 2. The molecule has 0 bridgehead atoms. The zero-order valence-electron chi connectivity index (χ0n) is 19.4. The molecule has 0 amide bonds. The summed E-state index contributed by atoms with van der Waals surface area (Å²) in [5.41, 5.74) is -0.179. The number of nitrogens with one attached hydrogen (secondary N) is 1. The summed E-state index contributed by atoms with van der Waals surface area (Å²) in [7, 11) is 0. The molecule has 0 spiro atoms. The van der Waals surface area contributed by atoms with Gasteiger partial charge in [0.1, 0.15) is 12.4 Å². The molecule has 1 aromatic carbocycles. The van der Waals surface area contributed by atoms with Crippen molar-refractivity contribution in [3.05, 3.63) is 67.8 Å². The molecule has 12 heteroatoms. The van der Waals surface area contributed by atoms with E-state index < -0.39 is 30.1 Å². The van der Waals surface area contributed by atoms with Gasteiger partial charge in [-0.1, -0.05) is 42.8 Å². The van der Waals surface area contributed by atoms with Gasteiger partial charge in [-0.15, -0.1) is 0 Å². The van der Waals surface area contributed by atoms with Crippen molar-refractivity contribution in [2.45, 2.75) is 56.7 Å². The van der Waals surface area contributed by atoms with Gasteiger partial charge in [-0.25, -0.2) is 4.98 Å². The molecule has 0 saturated carbocycles. The van der Waals surface area contributed by atoms with Crippen LogP contribution in [-0.2, 0) is 27.1 Å². The molecule has 0 aliphatic carbocycles. The average Bonchev–Trinajstić information content (AvgIpc) is 2.80. The Morgan fingerprint density at radius 2 is 1.80 bits per heavy atom. The number of aliphatic hydroxyl groups is 2. The molecule has 3 atom stereocenters. The second-order valence-corrected chi connectivity index (χ2v) is 7.09. The largest absolute Gasteiger partial charge is 1.00 e. The summed E-state index contributed by atoms with van der Waals surface area (Å²) >= 11 is 0. The molecule has 1 aromatic heterocycles. The van der Waals surface area contributed by atoms with Gasteiger partial charge in [-0.05, 0) is 18.1 Å². The Kier molecular flexibility index (Phi) is 15.9. The van der Waals surface area contributed by atoms with E-state index in [1.54, 1.807) is 6.29 Å². The van der Waals surface area contributed by atoms with Gasteiger partial charge >= 0.3 is 31.0 Å². The molecule has 1 heterocycles. The number of halogens is 3. The van der Waals surface area contributed by atoms with Crippen LogP contribution < -0.4 is 24.2 Å². The number of unbranched alkanes of at least 4 members (excludes halogenated alkanes) is 2. The van der Waals surface area contributed by atoms with E-state index >= 15 is 0 Å². The van der Waals surface area contributed by atoms with Crippen LogP contribution in [0.15, 0.2) is 42.7 Å². The van der Waals surface area contributed by atoms with E-state index in [9.17, 15) is 27.9 Å². The van der Waals surface area contributed by atoms with Gasteiger partial charge in [-0.3, -0.25) is 16.1 Å². The number of rotatable bonds is 11. The number of alkyl halides is 3. The fraction of sp³-hybridized carbons (Fsp3) is 0.391. The first-order valence-electron chi connectivity index (χ1n) is 10.3. The van der Waals surface area contributed by atoms with E-state index in [1.165, 1.54) is 0 Å². The van der Waals surface area contributed by atoms with Gasteiger partial charge in [0, 0.05) is 12.5 Å². The Balaban J connectivity index is 0.000000646. The number of nitrogens with zero attached hydrogens (tertiary/aromatic N) is 2. The van der Waals surface area contributed by atoms with Crippen LogP contribution >= 0.6 is 0 Å². The zero-order chi connectivity index (χ0) is 25.6. The Labute approximate surface area is 214 Å². The SMILES string of the molecule is O=[C-]CCCCC(=O)OCc1ccccc1.[CH2-][C@H](O)[C@H](O)[C@H]([CH2-])Nc1cncc(C(F)(F)F)n1.[Li+]. The Morgan fingerprint density at radius 3 is 2.37 bits per heavy atom. The van der Waals surface area contributed by atoms with E-state index in [2.05, 4.69) is 29.1 Å². The number of hydrogen-bond acceptors (Lipinski definition) is 8. The van der Waals surface area contributed by atoms with Crippen molar-refractivity contribution in [1.82, 2.24) is 9.97 Å². The van der Waals surface area contributed by atoms with Crippen LogP contribution in [0.2, 0.25) is 0 Å². The van der Waals surface area contributed by atoms with Crippen LogP contribution in [-0.4, -0.2) is 50.7 Å². The fourth-order valence-electron chi connectivity index (χ4n) is 2.39. The monoisotopic (exact) mass is 489 g/mol. The number of aromatic nitrogens is 2. The molecule has 2 aromatic rings. The van der Waals surface area contributed by atoms with Crippen molar-refractivity contribution >= 4 is 18.1 Å². The predicted molar refractivity (Wildman–Crippen MR) is 118 cm³/mol. The molecular weight excluding hydrogens is 462 g/mol. The number of ether oxygens (including phenoxy) is 1. The molecule has 0 saturated heterocycles. The quantitative estimate of drug-likeness (QED) is 0.176. The van der Waals surface area contributed by atoms with Crippen LogP contribution in [0.4, 0.5) is 19.0 Å². The van der Waals surface area contributed by atoms with E-state index in [4.69, 9.17) is 9.84 Å². The smallest absolute Gasteiger partial charge is 0.542 e. The number of esters is 1. The van der Waals surface area contributed by atoms with Crippen LogP contribution in [0.5, 0.6) is 0 Å². The maximum atomic E-state index is 12.3. The van der Waals surface area contributed by atoms with E-state index in [0.717, 1.165) is 11.8 Å². The summed E-state index contributed by atoms with van der Waals surface area (Å²) < 4.78 is 42.1. The second-order valence-electron chi connectivity index (χ2n) is 7.09. The molecule has 0 radical (unpaired) electrons. The Morgan fingerprint density at radius 1 is 1.14 bits per heavy atom. The van der Waals surface area contributed by atoms with Crippen LogP contribution in [0.3, 0.4) is 0 Å². The third kappa shape index (κ3) is 13.9. The van der Waals surface area contributed by atoms with Crippen LogP contribution in [0.25, 0.3) is 0 Å². The summed E-state index contributed by atoms with van der Waals surface area (Å²) in [6.07, 6.45) is -1.70. The first kappa shape index (κ1) is 32.5. The maximum absolute atomic E-state index is 12.3. The van der Waals surface area contributed by atoms with Crippen molar-refractivity contribution in [3.63, 3.8) is 0 Å². The van der Waals surface area contributed by atoms with Crippen LogP contribution in [0, 0.1) is 13.8 Å². The van der Waals surface area contributed by atoms with Crippen molar-refractivity contribution in [3.8, 4) is 0 Å². The standard InChI is InChI=1S/C13H15O3.C10H12F3N3O2.Li/c14-10-6-2-5-9-13(15)16-11-12-7-3-1-4-8-12;1-5(9(18)6(2)17)15-8-4-14-3-7(16-8)10(11,12)13;/h1,3-4,7-8H,2,5-6,9,11H2;3-6,9,17-18H,1-2H2,(H,15,16);/q-1;-2;+1/t;5-,6-,9+;/m.0./s1. The predicted octanol–water partition coefficient (Wildman–Crippen LogP) is 0.0698. The summed E-state index contributed by atoms with van der Waals surface area (Å²) in [5, 5.41) is 20.8. The second kappa shape index (κ2) is 17.1. The van der Waals surface area contributed by atoms with E-state index in [1.807, 2.05) is 30.3 Å². The summed E-state index contributed by atoms with van der Waals surface area (Å²) in [6, 6.07) is 8.58. The number of hydrogen-bond donors (Lipinski definition) is 3. The number of benzene rings is 1. The van der Waals surface area contributed by atoms with Gasteiger partial charge in [0.15, 0.2) is 5.69 Å². The fourth-order valence-corrected chi connectivity index (χ4v) is 2.39. The Hall–Kier alpha value is -2.45. The van der Waals surface area contributed by atoms with Gasteiger partial charge in [0.05, 0.1) is 12.4 Å². The maximum Gasteiger partial charge on any atom is 1.00 e. The Bertz CT molecular complexity index is 873. The molecule has 188 valence electrons. The molecule has 2 rings (SSSR count). The van der Waals surface area contributed by atoms with Crippen LogP contribution in [0.1, 0.15) is 36.9 Å². The third-order valence-electron chi connectivity index (χ3n) is 4.22. The number of carbonyl (C=O) groups is 1. The first-order valence-corrected chi connectivity index (χ1v) is 10.3. The van der Waals surface area contributed by atoms with Crippen molar-refractivity contribution in [2.24, 2.45) is 0 Å². The number of anilines is 1. The van der Waals surface area contributed by atoms with E-state index in [0.29, 0.717) is 38.5 Å². The van der Waals surface area contributed by atoms with Gasteiger partial charge in [0.25, 0.3) is 0 Å². The minimum Gasteiger partial charge on any atom is -0.542 e. The minimum absolute atomic E-state index is 0. The average molecular weight is 489 g/mol. The van der Waals surface area contributed by atoms with Crippen molar-refractivity contribution < 1.29 is 56.6 Å². The normalized spacial score (nSPS) is 13.2. The molecule has 35 heavy (non-hydrogen) atoms. The van der Waals surface area contributed by atoms with Crippen molar-refractivity contribution in [2.75, 3.05) is 5.32 Å². The zero-order valence-corrected chi connectivity index (χ0v) is 19.4. The summed E-state index contributed by atoms with van der Waals surface area (Å²) in [4.78, 5) is 27.8. The minimum atomic E-state index is -4.61. The molecular formula is C23H27F3LiN3O5-2. The summed E-state index contributed by atoms with van der Waals surface area (Å²) in [5.74, 6) is -0.417. The van der Waals surface area contributed by atoms with Gasteiger partial charge in [-0.2, -0.15) is 19.6 Å². The van der Waals surface area contributed by atoms with Gasteiger partial charge < -0.3 is 38.9 Å². The molecule has 0 aliphatic rings. The molecule has 0 aliphatic heterocycles. The molecule has 0 unspecified atom stereocenters. The van der Waals surface area contributed by atoms with E-state index in [-0.39, 0.29) is 30.6 Å². The molecule has 0 fully saturated rings. The molecule has 3 N–H and O–H groups in total. The third-order valence-corrected chi connectivity index (χ3v) is 4.22. The van der Waals surface area contributed by atoms with Crippen molar-refractivity contribution in [1.29, 1.82) is 0 Å². The summed E-state index contributed by atoms with van der Waals surface area (Å²) in [6.45, 7) is 6.92.